The van der Waals surface area contributed by atoms with Crippen LogP contribution < -0.4 is 16.0 Å². The molecule has 2 rings (SSSR count). The summed E-state index contributed by atoms with van der Waals surface area (Å²) in [6.07, 6.45) is 1.41. The van der Waals surface area contributed by atoms with Crippen LogP contribution in [0.15, 0.2) is 29.3 Å². The minimum atomic E-state index is 0.0594. The van der Waals surface area contributed by atoms with E-state index in [1.165, 1.54) is 0 Å². The van der Waals surface area contributed by atoms with E-state index in [0.29, 0.717) is 18.9 Å². The molecule has 0 aliphatic carbocycles. The molecule has 26 heavy (non-hydrogen) atoms. The molecule has 144 valence electrons. The van der Waals surface area contributed by atoms with E-state index in [1.807, 2.05) is 25.1 Å². The number of ether oxygens (including phenoxy) is 1. The van der Waals surface area contributed by atoms with Crippen LogP contribution in [0, 0.1) is 5.92 Å². The summed E-state index contributed by atoms with van der Waals surface area (Å²) in [5.74, 6) is 1.53. The molecule has 1 atom stereocenters. The van der Waals surface area contributed by atoms with Gasteiger partial charge in [-0.25, -0.2) is 0 Å². The monoisotopic (exact) mass is 360 g/mol. The van der Waals surface area contributed by atoms with Crippen LogP contribution in [0.4, 0.5) is 5.69 Å². The second-order valence-corrected chi connectivity index (χ2v) is 7.01. The zero-order valence-electron chi connectivity index (χ0n) is 16.2. The van der Waals surface area contributed by atoms with Crippen LogP contribution in [-0.2, 0) is 9.53 Å². The minimum Gasteiger partial charge on any atom is -0.381 e. The molecule has 1 amide bonds. The van der Waals surface area contributed by atoms with Crippen molar-refractivity contribution in [1.29, 1.82) is 0 Å². The zero-order valence-corrected chi connectivity index (χ0v) is 16.2. The van der Waals surface area contributed by atoms with Gasteiger partial charge in [-0.3, -0.25) is 9.79 Å². The Morgan fingerprint density at radius 1 is 1.35 bits per heavy atom. The maximum Gasteiger partial charge on any atom is 0.225 e. The number of aliphatic imine (C=N–C) groups is 1. The summed E-state index contributed by atoms with van der Waals surface area (Å²) < 4.78 is 5.60. The van der Waals surface area contributed by atoms with Gasteiger partial charge in [-0.05, 0) is 30.9 Å². The van der Waals surface area contributed by atoms with Gasteiger partial charge in [0.15, 0.2) is 5.96 Å². The largest absolute Gasteiger partial charge is 0.381 e. The standard InChI is InChI=1S/C20H32N4O2/c1-4-21-20(22-10-7-11-26-14-15(2)3)23-13-16-12-19(25)24-18-9-6-5-8-17(16)18/h5-6,8-9,15-16H,4,7,10-14H2,1-3H3,(H,24,25)(H2,21,22,23). The zero-order chi connectivity index (χ0) is 18.8. The first kappa shape index (κ1) is 20.2. The molecule has 0 fully saturated rings. The number of nitrogens with one attached hydrogen (secondary N) is 3. The van der Waals surface area contributed by atoms with Crippen LogP contribution in [0.25, 0.3) is 0 Å². The van der Waals surface area contributed by atoms with Crippen LogP contribution in [0.3, 0.4) is 0 Å². The Hall–Kier alpha value is -2.08. The topological polar surface area (TPSA) is 74.8 Å². The maximum atomic E-state index is 11.9. The first-order valence-corrected chi connectivity index (χ1v) is 9.58. The highest BCUT2D eigenvalue weighted by Crippen LogP contribution is 2.31. The molecule has 0 aromatic heterocycles. The molecule has 6 nitrogen and oxygen atoms in total. The quantitative estimate of drug-likeness (QED) is 0.360. The summed E-state index contributed by atoms with van der Waals surface area (Å²) in [6, 6.07) is 7.97. The highest BCUT2D eigenvalue weighted by atomic mass is 16.5. The predicted molar refractivity (Wildman–Crippen MR) is 107 cm³/mol. The summed E-state index contributed by atoms with van der Waals surface area (Å²) in [5, 5.41) is 9.54. The van der Waals surface area contributed by atoms with E-state index in [2.05, 4.69) is 35.9 Å². The molecule has 0 bridgehead atoms. The van der Waals surface area contributed by atoms with Gasteiger partial charge in [0.2, 0.25) is 5.91 Å². The lowest BCUT2D eigenvalue weighted by atomic mass is 9.91. The number of para-hydroxylation sites is 1. The summed E-state index contributed by atoms with van der Waals surface area (Å²) in [4.78, 5) is 16.6. The normalized spacial score (nSPS) is 17.0. The van der Waals surface area contributed by atoms with Gasteiger partial charge in [-0.2, -0.15) is 0 Å². The second-order valence-electron chi connectivity index (χ2n) is 7.01. The molecule has 0 radical (unpaired) electrons. The van der Waals surface area contributed by atoms with Crippen molar-refractivity contribution in [2.45, 2.75) is 39.5 Å². The lowest BCUT2D eigenvalue weighted by Crippen LogP contribution is -2.38. The molecule has 1 aromatic rings. The van der Waals surface area contributed by atoms with Crippen molar-refractivity contribution in [3.8, 4) is 0 Å². The Morgan fingerprint density at radius 2 is 2.15 bits per heavy atom. The molecule has 1 aliphatic rings. The molecule has 1 heterocycles. The van der Waals surface area contributed by atoms with E-state index in [4.69, 9.17) is 9.73 Å². The van der Waals surface area contributed by atoms with E-state index in [1.54, 1.807) is 0 Å². The van der Waals surface area contributed by atoms with E-state index in [0.717, 1.165) is 49.9 Å². The summed E-state index contributed by atoms with van der Waals surface area (Å²) in [6.45, 7) is 10.1. The van der Waals surface area contributed by atoms with Crippen LogP contribution in [0.2, 0.25) is 0 Å². The molecule has 1 aromatic carbocycles. The van der Waals surface area contributed by atoms with Gasteiger partial charge in [0.1, 0.15) is 0 Å². The van der Waals surface area contributed by atoms with Gasteiger partial charge in [-0.1, -0.05) is 32.0 Å². The van der Waals surface area contributed by atoms with Gasteiger partial charge < -0.3 is 20.7 Å². The van der Waals surface area contributed by atoms with E-state index >= 15 is 0 Å². The number of guanidine groups is 1. The smallest absolute Gasteiger partial charge is 0.225 e. The summed E-state index contributed by atoms with van der Waals surface area (Å²) in [5.41, 5.74) is 2.07. The summed E-state index contributed by atoms with van der Waals surface area (Å²) in [7, 11) is 0. The predicted octanol–water partition coefficient (Wildman–Crippen LogP) is 2.73. The van der Waals surface area contributed by atoms with Crippen molar-refractivity contribution in [3.63, 3.8) is 0 Å². The average Bonchev–Trinajstić information content (AvgIpc) is 2.61. The van der Waals surface area contributed by atoms with E-state index in [-0.39, 0.29) is 11.8 Å². The molecule has 3 N–H and O–H groups in total. The number of anilines is 1. The number of rotatable bonds is 9. The number of hydrogen-bond acceptors (Lipinski definition) is 3. The Morgan fingerprint density at radius 3 is 2.92 bits per heavy atom. The van der Waals surface area contributed by atoms with Crippen molar-refractivity contribution in [2.75, 3.05) is 38.2 Å². The molecule has 1 unspecified atom stereocenters. The van der Waals surface area contributed by atoms with Gasteiger partial charge >= 0.3 is 0 Å². The Balaban J connectivity index is 1.85. The molecule has 6 heteroatoms. The lowest BCUT2D eigenvalue weighted by Gasteiger charge is -2.24. The molecule has 0 saturated heterocycles. The van der Waals surface area contributed by atoms with Crippen molar-refractivity contribution in [2.24, 2.45) is 10.9 Å². The fourth-order valence-corrected chi connectivity index (χ4v) is 2.91. The average molecular weight is 361 g/mol. The third kappa shape index (κ3) is 6.67. The van der Waals surface area contributed by atoms with Gasteiger partial charge in [0, 0.05) is 44.3 Å². The van der Waals surface area contributed by atoms with E-state index < -0.39 is 0 Å². The number of carbonyl (C=O) groups is 1. The molecular weight excluding hydrogens is 328 g/mol. The van der Waals surface area contributed by atoms with Crippen molar-refractivity contribution in [3.05, 3.63) is 29.8 Å². The third-order valence-corrected chi connectivity index (χ3v) is 4.13. The fourth-order valence-electron chi connectivity index (χ4n) is 2.91. The first-order valence-electron chi connectivity index (χ1n) is 9.58. The maximum absolute atomic E-state index is 11.9. The number of fused-ring (bicyclic) bond motifs is 1. The highest BCUT2D eigenvalue weighted by Gasteiger charge is 2.24. The Labute approximate surface area is 156 Å². The first-order chi connectivity index (χ1) is 12.6. The molecule has 1 aliphatic heterocycles. The van der Waals surface area contributed by atoms with Gasteiger partial charge in [-0.15, -0.1) is 0 Å². The van der Waals surface area contributed by atoms with Crippen molar-refractivity contribution in [1.82, 2.24) is 10.6 Å². The van der Waals surface area contributed by atoms with E-state index in [9.17, 15) is 4.79 Å². The Bertz CT molecular complexity index is 601. The molecular formula is C20H32N4O2. The SMILES string of the molecule is CCNC(=NCC1CC(=O)Nc2ccccc21)NCCCOCC(C)C. The fraction of sp³-hybridized carbons (Fsp3) is 0.600. The van der Waals surface area contributed by atoms with Crippen molar-refractivity contribution < 1.29 is 9.53 Å². The van der Waals surface area contributed by atoms with Crippen LogP contribution in [-0.4, -0.2) is 44.7 Å². The van der Waals surface area contributed by atoms with Gasteiger partial charge in [0.05, 0.1) is 6.54 Å². The summed E-state index contributed by atoms with van der Waals surface area (Å²) >= 11 is 0. The number of hydrogen-bond donors (Lipinski definition) is 3. The van der Waals surface area contributed by atoms with Crippen LogP contribution in [0.1, 0.15) is 45.1 Å². The molecule has 0 saturated carbocycles. The van der Waals surface area contributed by atoms with Crippen LogP contribution in [0.5, 0.6) is 0 Å². The van der Waals surface area contributed by atoms with Crippen molar-refractivity contribution >= 4 is 17.6 Å². The Kier molecular flexibility index (Phi) is 8.41. The lowest BCUT2D eigenvalue weighted by molar-refractivity contribution is -0.116. The van der Waals surface area contributed by atoms with Crippen LogP contribution >= 0.6 is 0 Å². The second kappa shape index (κ2) is 10.8. The third-order valence-electron chi connectivity index (χ3n) is 4.13. The van der Waals surface area contributed by atoms with Gasteiger partial charge in [0.25, 0.3) is 0 Å². The number of amides is 1. The number of benzene rings is 1. The minimum absolute atomic E-state index is 0.0594. The molecule has 0 spiro atoms. The number of nitrogens with zero attached hydrogens (tertiary/aromatic N) is 1. The number of carbonyl (C=O) groups excluding carboxylic acids is 1. The highest BCUT2D eigenvalue weighted by molar-refractivity contribution is 5.94.